The molecule has 132 valence electrons. The lowest BCUT2D eigenvalue weighted by Gasteiger charge is -2.11. The number of nitrogens with one attached hydrogen (secondary N) is 2. The van der Waals surface area contributed by atoms with Gasteiger partial charge in [-0.15, -0.1) is 0 Å². The predicted molar refractivity (Wildman–Crippen MR) is 96.4 cm³/mol. The molecule has 0 bridgehead atoms. The molecule has 0 fully saturated rings. The molecule has 0 heterocycles. The van der Waals surface area contributed by atoms with Crippen LogP contribution in [0.25, 0.3) is 0 Å². The van der Waals surface area contributed by atoms with Crippen LogP contribution in [0.1, 0.15) is 23.7 Å². The Labute approximate surface area is 146 Å². The predicted octanol–water partition coefficient (Wildman–Crippen LogP) is 2.61. The van der Waals surface area contributed by atoms with Crippen LogP contribution in [0.2, 0.25) is 0 Å². The molecule has 25 heavy (non-hydrogen) atoms. The molecule has 2 aromatic carbocycles. The minimum atomic E-state index is -3.52. The molecule has 3 amide bonds. The maximum Gasteiger partial charge on any atom is 0.316 e. The number of hydrogen-bond donors (Lipinski definition) is 3. The summed E-state index contributed by atoms with van der Waals surface area (Å²) in [5.74, 6) is -0.545. The topological polar surface area (TPSA) is 118 Å². The Balaban J connectivity index is 2.23. The quantitative estimate of drug-likeness (QED) is 0.733. The minimum Gasteiger partial charge on any atom is -0.351 e. The van der Waals surface area contributed by atoms with Gasteiger partial charge >= 0.3 is 6.03 Å². The van der Waals surface area contributed by atoms with Crippen molar-refractivity contribution < 1.29 is 18.0 Å². The number of carbonyl (C=O) groups is 2. The van der Waals surface area contributed by atoms with Crippen LogP contribution in [0, 0.1) is 0 Å². The van der Waals surface area contributed by atoms with Gasteiger partial charge in [-0.1, -0.05) is 19.1 Å². The van der Waals surface area contributed by atoms with Crippen molar-refractivity contribution in [3.05, 3.63) is 54.1 Å². The Morgan fingerprint density at radius 3 is 2.08 bits per heavy atom. The third kappa shape index (κ3) is 4.80. The van der Waals surface area contributed by atoms with Crippen molar-refractivity contribution in [3.63, 3.8) is 0 Å². The first-order valence-electron chi connectivity index (χ1n) is 7.63. The van der Waals surface area contributed by atoms with Crippen LogP contribution in [-0.4, -0.2) is 26.1 Å². The number of urea groups is 1. The summed E-state index contributed by atoms with van der Waals surface area (Å²) in [5, 5.41) is 5.05. The first-order chi connectivity index (χ1) is 11.8. The summed E-state index contributed by atoms with van der Waals surface area (Å²) in [4.78, 5) is 23.3. The average Bonchev–Trinajstić information content (AvgIpc) is 2.56. The normalized spacial score (nSPS) is 10.9. The van der Waals surface area contributed by atoms with Crippen LogP contribution in [0.5, 0.6) is 0 Å². The van der Waals surface area contributed by atoms with Crippen LogP contribution in [0.15, 0.2) is 53.4 Å². The van der Waals surface area contributed by atoms with Crippen LogP contribution in [0.3, 0.4) is 0 Å². The minimum absolute atomic E-state index is 0.0152. The van der Waals surface area contributed by atoms with Crippen LogP contribution < -0.4 is 16.4 Å². The van der Waals surface area contributed by atoms with Crippen LogP contribution in [0.4, 0.5) is 16.2 Å². The lowest BCUT2D eigenvalue weighted by Crippen LogP contribution is -2.19. The van der Waals surface area contributed by atoms with E-state index >= 15 is 0 Å². The van der Waals surface area contributed by atoms with E-state index in [9.17, 15) is 18.0 Å². The second-order valence-corrected chi connectivity index (χ2v) is 7.41. The Kier molecular flexibility index (Phi) is 5.76. The fourth-order valence-corrected chi connectivity index (χ4v) is 3.82. The molecule has 0 aliphatic heterocycles. The van der Waals surface area contributed by atoms with Gasteiger partial charge in [-0.2, -0.15) is 0 Å². The number of nitrogens with two attached hydrogens (primary N) is 1. The van der Waals surface area contributed by atoms with Crippen molar-refractivity contribution in [2.75, 3.05) is 16.4 Å². The number of sulfone groups is 1. The molecule has 0 saturated carbocycles. The van der Waals surface area contributed by atoms with Crippen molar-refractivity contribution in [1.29, 1.82) is 0 Å². The maximum absolute atomic E-state index is 12.5. The SMILES string of the molecule is CCCS(=O)(=O)c1ccccc1C(=O)Nc1ccc(NC(N)=O)cc1. The highest BCUT2D eigenvalue weighted by Gasteiger charge is 2.21. The van der Waals surface area contributed by atoms with Gasteiger partial charge in [-0.3, -0.25) is 4.79 Å². The summed E-state index contributed by atoms with van der Waals surface area (Å²) in [6.45, 7) is 1.77. The Morgan fingerprint density at radius 1 is 0.960 bits per heavy atom. The van der Waals surface area contributed by atoms with E-state index in [-0.39, 0.29) is 16.2 Å². The van der Waals surface area contributed by atoms with Gasteiger partial charge < -0.3 is 16.4 Å². The zero-order chi connectivity index (χ0) is 18.4. The van der Waals surface area contributed by atoms with Crippen molar-refractivity contribution >= 4 is 33.2 Å². The highest BCUT2D eigenvalue weighted by molar-refractivity contribution is 7.91. The summed E-state index contributed by atoms with van der Waals surface area (Å²) >= 11 is 0. The van der Waals surface area contributed by atoms with E-state index < -0.39 is 21.8 Å². The van der Waals surface area contributed by atoms with E-state index in [0.717, 1.165) is 0 Å². The number of anilines is 2. The molecule has 0 aromatic heterocycles. The monoisotopic (exact) mass is 361 g/mol. The van der Waals surface area contributed by atoms with Gasteiger partial charge in [0.05, 0.1) is 16.2 Å². The largest absolute Gasteiger partial charge is 0.351 e. The molecule has 0 radical (unpaired) electrons. The number of rotatable bonds is 6. The first kappa shape index (κ1) is 18.5. The average molecular weight is 361 g/mol. The molecule has 4 N–H and O–H groups in total. The summed E-state index contributed by atoms with van der Waals surface area (Å²) in [6, 6.07) is 11.7. The lowest BCUT2D eigenvalue weighted by atomic mass is 10.2. The molecule has 0 unspecified atom stereocenters. The molecule has 2 aromatic rings. The molecule has 2 rings (SSSR count). The lowest BCUT2D eigenvalue weighted by molar-refractivity contribution is 0.102. The summed E-state index contributed by atoms with van der Waals surface area (Å²) < 4.78 is 24.7. The molecule has 0 aliphatic carbocycles. The van der Waals surface area contributed by atoms with E-state index in [2.05, 4.69) is 10.6 Å². The standard InChI is InChI=1S/C17H19N3O4S/c1-2-11-25(23,24)15-6-4-3-5-14(15)16(21)19-12-7-9-13(10-8-12)20-17(18)22/h3-10H,2,11H2,1H3,(H,19,21)(H3,18,20,22). The fourth-order valence-electron chi connectivity index (χ4n) is 2.28. The molecular weight excluding hydrogens is 342 g/mol. The molecule has 0 saturated heterocycles. The second-order valence-electron chi connectivity index (χ2n) is 5.34. The van der Waals surface area contributed by atoms with Crippen LogP contribution >= 0.6 is 0 Å². The van der Waals surface area contributed by atoms with Gasteiger partial charge in [0.1, 0.15) is 0 Å². The molecule has 0 aliphatic rings. The van der Waals surface area contributed by atoms with Gasteiger partial charge in [0.15, 0.2) is 9.84 Å². The van der Waals surface area contributed by atoms with Gasteiger partial charge in [-0.25, -0.2) is 13.2 Å². The summed E-state index contributed by atoms with van der Waals surface area (Å²) in [6.07, 6.45) is 0.465. The van der Waals surface area contributed by atoms with Gasteiger partial charge in [-0.05, 0) is 42.8 Å². The third-order valence-corrected chi connectivity index (χ3v) is 5.32. The maximum atomic E-state index is 12.5. The van der Waals surface area contributed by atoms with E-state index in [1.807, 2.05) is 0 Å². The molecule has 0 spiro atoms. The number of primary amides is 1. The van der Waals surface area contributed by atoms with Crippen LogP contribution in [-0.2, 0) is 9.84 Å². The first-order valence-corrected chi connectivity index (χ1v) is 9.28. The van der Waals surface area contributed by atoms with E-state index in [0.29, 0.717) is 17.8 Å². The molecule has 0 atom stereocenters. The molecule has 8 heteroatoms. The zero-order valence-electron chi connectivity index (χ0n) is 13.7. The number of hydrogen-bond acceptors (Lipinski definition) is 4. The molecular formula is C17H19N3O4S. The number of benzene rings is 2. The van der Waals surface area contributed by atoms with E-state index in [1.54, 1.807) is 43.3 Å². The highest BCUT2D eigenvalue weighted by atomic mass is 32.2. The molecule has 7 nitrogen and oxygen atoms in total. The third-order valence-electron chi connectivity index (χ3n) is 3.35. The summed E-state index contributed by atoms with van der Waals surface area (Å²) in [7, 11) is -3.52. The Hall–Kier alpha value is -2.87. The van der Waals surface area contributed by atoms with Gasteiger partial charge in [0.25, 0.3) is 5.91 Å². The van der Waals surface area contributed by atoms with Gasteiger partial charge in [0, 0.05) is 11.4 Å². The second kappa shape index (κ2) is 7.80. The smallest absolute Gasteiger partial charge is 0.316 e. The Morgan fingerprint density at radius 2 is 1.52 bits per heavy atom. The van der Waals surface area contributed by atoms with Crippen molar-refractivity contribution in [1.82, 2.24) is 0 Å². The van der Waals surface area contributed by atoms with Crippen molar-refractivity contribution in [2.45, 2.75) is 18.2 Å². The van der Waals surface area contributed by atoms with E-state index in [1.165, 1.54) is 12.1 Å². The van der Waals surface area contributed by atoms with Gasteiger partial charge in [0.2, 0.25) is 0 Å². The Bertz CT molecular complexity index is 877. The highest BCUT2D eigenvalue weighted by Crippen LogP contribution is 2.20. The number of amides is 3. The summed E-state index contributed by atoms with van der Waals surface area (Å²) in [5.41, 5.74) is 6.06. The van der Waals surface area contributed by atoms with Crippen molar-refractivity contribution in [3.8, 4) is 0 Å². The fraction of sp³-hybridized carbons (Fsp3) is 0.176. The van der Waals surface area contributed by atoms with Crippen molar-refractivity contribution in [2.24, 2.45) is 5.73 Å². The van der Waals surface area contributed by atoms with E-state index in [4.69, 9.17) is 5.73 Å². The number of carbonyl (C=O) groups excluding carboxylic acids is 2. The zero-order valence-corrected chi connectivity index (χ0v) is 14.5.